The van der Waals surface area contributed by atoms with Crippen LogP contribution in [0.5, 0.6) is 11.5 Å². The summed E-state index contributed by atoms with van der Waals surface area (Å²) in [4.78, 5) is 27.6. The number of aryl methyl sites for hydroxylation is 1. The minimum absolute atomic E-state index is 0.0517. The van der Waals surface area contributed by atoms with Crippen molar-refractivity contribution in [3.63, 3.8) is 0 Å². The normalized spacial score (nSPS) is 13.9. The predicted molar refractivity (Wildman–Crippen MR) is 137 cm³/mol. The lowest BCUT2D eigenvalue weighted by Crippen LogP contribution is -2.39. The first-order valence-electron chi connectivity index (χ1n) is 12.4. The van der Waals surface area contributed by atoms with Crippen LogP contribution in [0.1, 0.15) is 59.1 Å². The zero-order chi connectivity index (χ0) is 25.7. The number of amides is 1. The molecule has 1 aromatic heterocycles. The highest BCUT2D eigenvalue weighted by molar-refractivity contribution is 5.97. The molecule has 190 valence electrons. The van der Waals surface area contributed by atoms with E-state index in [9.17, 15) is 9.59 Å². The quantitative estimate of drug-likeness (QED) is 0.422. The van der Waals surface area contributed by atoms with Gasteiger partial charge < -0.3 is 19.1 Å². The summed E-state index contributed by atoms with van der Waals surface area (Å²) in [6, 6.07) is 15.4. The summed E-state index contributed by atoms with van der Waals surface area (Å²) in [7, 11) is 3.13. The van der Waals surface area contributed by atoms with Gasteiger partial charge in [-0.15, -0.1) is 0 Å². The SMILES string of the molecule is CCOC(=O)c1cc(-c2ccc(CC)cc2)n(C2CCN(C(=O)c3ccc(OC)cc3OC)CC2)n1. The minimum Gasteiger partial charge on any atom is -0.497 e. The largest absolute Gasteiger partial charge is 0.497 e. The molecule has 1 aliphatic rings. The van der Waals surface area contributed by atoms with E-state index in [1.807, 2.05) is 9.58 Å². The number of carbonyl (C=O) groups excluding carboxylic acids is 2. The van der Waals surface area contributed by atoms with Crippen molar-refractivity contribution in [3.05, 3.63) is 65.4 Å². The van der Waals surface area contributed by atoms with Crippen LogP contribution in [0.2, 0.25) is 0 Å². The van der Waals surface area contributed by atoms with Gasteiger partial charge in [-0.1, -0.05) is 31.2 Å². The number of nitrogens with zero attached hydrogens (tertiary/aromatic N) is 3. The number of rotatable bonds is 8. The predicted octanol–water partition coefficient (Wildman–Crippen LogP) is 4.78. The highest BCUT2D eigenvalue weighted by Crippen LogP contribution is 2.32. The van der Waals surface area contributed by atoms with Crippen LogP contribution >= 0.6 is 0 Å². The molecule has 0 radical (unpaired) electrons. The van der Waals surface area contributed by atoms with Crippen LogP contribution in [0.25, 0.3) is 11.3 Å². The van der Waals surface area contributed by atoms with Gasteiger partial charge in [0, 0.05) is 19.2 Å². The molecular formula is C28H33N3O5. The summed E-state index contributed by atoms with van der Waals surface area (Å²) >= 11 is 0. The van der Waals surface area contributed by atoms with Gasteiger partial charge >= 0.3 is 5.97 Å². The maximum atomic E-state index is 13.3. The Morgan fingerprint density at radius 1 is 0.972 bits per heavy atom. The van der Waals surface area contributed by atoms with Crippen molar-refractivity contribution in [2.24, 2.45) is 0 Å². The molecule has 0 atom stereocenters. The Hall–Kier alpha value is -3.81. The number of piperidine rings is 1. The third-order valence-electron chi connectivity index (χ3n) is 6.61. The van der Waals surface area contributed by atoms with Crippen molar-refractivity contribution in [1.29, 1.82) is 0 Å². The second kappa shape index (κ2) is 11.3. The van der Waals surface area contributed by atoms with Crippen LogP contribution in [0.4, 0.5) is 0 Å². The van der Waals surface area contributed by atoms with Crippen LogP contribution < -0.4 is 9.47 Å². The molecule has 0 N–H and O–H groups in total. The Morgan fingerprint density at radius 2 is 1.69 bits per heavy atom. The monoisotopic (exact) mass is 491 g/mol. The standard InChI is InChI=1S/C28H33N3O5/c1-5-19-7-9-20(10-8-19)25-18-24(28(33)36-6-2)29-31(25)21-13-15-30(16-14-21)27(32)23-12-11-22(34-3)17-26(23)35-4/h7-12,17-18,21H,5-6,13-16H2,1-4H3. The number of hydrogen-bond donors (Lipinski definition) is 0. The van der Waals surface area contributed by atoms with Crippen LogP contribution in [-0.2, 0) is 11.2 Å². The fourth-order valence-corrected chi connectivity index (χ4v) is 4.56. The molecule has 0 unspecified atom stereocenters. The Balaban J connectivity index is 1.55. The van der Waals surface area contributed by atoms with Crippen molar-refractivity contribution >= 4 is 11.9 Å². The molecule has 3 aromatic rings. The molecule has 1 aliphatic heterocycles. The van der Waals surface area contributed by atoms with Crippen molar-refractivity contribution in [1.82, 2.24) is 14.7 Å². The van der Waals surface area contributed by atoms with Gasteiger partial charge in [-0.25, -0.2) is 4.79 Å². The van der Waals surface area contributed by atoms with Crippen molar-refractivity contribution in [2.45, 2.75) is 39.2 Å². The molecule has 0 aliphatic carbocycles. The summed E-state index contributed by atoms with van der Waals surface area (Å²) in [5.74, 6) is 0.626. The first-order chi connectivity index (χ1) is 17.5. The van der Waals surface area contributed by atoms with E-state index in [1.54, 1.807) is 45.4 Å². The smallest absolute Gasteiger partial charge is 0.358 e. The molecule has 8 nitrogen and oxygen atoms in total. The number of aromatic nitrogens is 2. The lowest BCUT2D eigenvalue weighted by atomic mass is 10.0. The fraction of sp³-hybridized carbons (Fsp3) is 0.393. The molecule has 2 aromatic carbocycles. The van der Waals surface area contributed by atoms with E-state index in [0.717, 1.165) is 17.7 Å². The van der Waals surface area contributed by atoms with Crippen LogP contribution in [0.3, 0.4) is 0 Å². The minimum atomic E-state index is -0.429. The molecular weight excluding hydrogens is 458 g/mol. The number of methoxy groups -OCH3 is 2. The first kappa shape index (κ1) is 25.3. The Morgan fingerprint density at radius 3 is 2.31 bits per heavy atom. The average Bonchev–Trinajstić information content (AvgIpc) is 3.38. The second-order valence-corrected chi connectivity index (χ2v) is 8.72. The Labute approximate surface area is 211 Å². The Bertz CT molecular complexity index is 1210. The van der Waals surface area contributed by atoms with E-state index in [2.05, 4.69) is 36.3 Å². The van der Waals surface area contributed by atoms with Crippen LogP contribution in [-0.4, -0.2) is 60.5 Å². The summed E-state index contributed by atoms with van der Waals surface area (Å²) < 4.78 is 17.8. The summed E-state index contributed by atoms with van der Waals surface area (Å²) in [6.07, 6.45) is 2.39. The molecule has 0 spiro atoms. The fourth-order valence-electron chi connectivity index (χ4n) is 4.56. The molecule has 36 heavy (non-hydrogen) atoms. The van der Waals surface area contributed by atoms with Crippen molar-refractivity contribution in [2.75, 3.05) is 33.9 Å². The summed E-state index contributed by atoms with van der Waals surface area (Å²) in [6.45, 7) is 5.34. The Kier molecular flexibility index (Phi) is 7.93. The van der Waals surface area contributed by atoms with Gasteiger partial charge in [0.25, 0.3) is 5.91 Å². The van der Waals surface area contributed by atoms with Gasteiger partial charge in [-0.3, -0.25) is 9.48 Å². The van der Waals surface area contributed by atoms with Gasteiger partial charge in [0.2, 0.25) is 0 Å². The number of esters is 1. The van der Waals surface area contributed by atoms with E-state index in [-0.39, 0.29) is 11.9 Å². The van der Waals surface area contributed by atoms with Gasteiger partial charge in [-0.2, -0.15) is 5.10 Å². The molecule has 0 bridgehead atoms. The van der Waals surface area contributed by atoms with Crippen molar-refractivity contribution in [3.8, 4) is 22.8 Å². The topological polar surface area (TPSA) is 82.9 Å². The maximum Gasteiger partial charge on any atom is 0.358 e. The first-order valence-corrected chi connectivity index (χ1v) is 12.4. The molecule has 2 heterocycles. The summed E-state index contributed by atoms with van der Waals surface area (Å²) in [5, 5.41) is 4.65. The molecule has 8 heteroatoms. The number of likely N-dealkylation sites (tertiary alicyclic amines) is 1. The molecule has 1 saturated heterocycles. The number of ether oxygens (including phenoxy) is 3. The van der Waals surface area contributed by atoms with E-state index in [4.69, 9.17) is 14.2 Å². The number of benzene rings is 2. The number of carbonyl (C=O) groups is 2. The third-order valence-corrected chi connectivity index (χ3v) is 6.61. The van der Waals surface area contributed by atoms with E-state index >= 15 is 0 Å². The zero-order valence-electron chi connectivity index (χ0n) is 21.3. The summed E-state index contributed by atoms with van der Waals surface area (Å²) in [5.41, 5.74) is 3.93. The third kappa shape index (κ3) is 5.22. The highest BCUT2D eigenvalue weighted by Gasteiger charge is 2.29. The van der Waals surface area contributed by atoms with Crippen LogP contribution in [0.15, 0.2) is 48.5 Å². The van der Waals surface area contributed by atoms with E-state index < -0.39 is 5.97 Å². The van der Waals surface area contributed by atoms with Crippen LogP contribution in [0, 0.1) is 0 Å². The van der Waals surface area contributed by atoms with Gasteiger partial charge in [0.05, 0.1) is 38.1 Å². The maximum absolute atomic E-state index is 13.3. The zero-order valence-corrected chi connectivity index (χ0v) is 21.3. The lowest BCUT2D eigenvalue weighted by molar-refractivity contribution is 0.0517. The van der Waals surface area contributed by atoms with Crippen molar-refractivity contribution < 1.29 is 23.8 Å². The molecule has 1 fully saturated rings. The average molecular weight is 492 g/mol. The second-order valence-electron chi connectivity index (χ2n) is 8.72. The highest BCUT2D eigenvalue weighted by atomic mass is 16.5. The van der Waals surface area contributed by atoms with Gasteiger partial charge in [0.1, 0.15) is 11.5 Å². The molecule has 1 amide bonds. The molecule has 4 rings (SSSR count). The lowest BCUT2D eigenvalue weighted by Gasteiger charge is -2.33. The molecule has 0 saturated carbocycles. The van der Waals surface area contributed by atoms with E-state index in [0.29, 0.717) is 55.3 Å². The number of hydrogen-bond acceptors (Lipinski definition) is 6. The van der Waals surface area contributed by atoms with Gasteiger partial charge in [0.15, 0.2) is 5.69 Å². The van der Waals surface area contributed by atoms with E-state index in [1.165, 1.54) is 5.56 Å². The van der Waals surface area contributed by atoms with Gasteiger partial charge in [-0.05, 0) is 55.5 Å².